The molecule has 132 valence electrons. The Balaban J connectivity index is 1.65. The van der Waals surface area contributed by atoms with Crippen LogP contribution in [-0.4, -0.2) is 51.9 Å². The lowest BCUT2D eigenvalue weighted by Crippen LogP contribution is -2.33. The fourth-order valence-corrected chi connectivity index (χ4v) is 3.98. The Hall–Kier alpha value is -2.34. The Morgan fingerprint density at radius 3 is 2.64 bits per heavy atom. The molecule has 4 rings (SSSR count). The first-order valence-corrected chi connectivity index (χ1v) is 9.09. The average molecular weight is 340 g/mol. The Morgan fingerprint density at radius 2 is 2.00 bits per heavy atom. The van der Waals surface area contributed by atoms with Crippen LogP contribution in [0, 0.1) is 0 Å². The summed E-state index contributed by atoms with van der Waals surface area (Å²) in [7, 11) is 0. The minimum Gasteiger partial charge on any atom is -0.478 e. The maximum absolute atomic E-state index is 11.1. The highest BCUT2D eigenvalue weighted by Gasteiger charge is 2.29. The van der Waals surface area contributed by atoms with Crippen molar-refractivity contribution >= 4 is 11.8 Å². The van der Waals surface area contributed by atoms with E-state index in [2.05, 4.69) is 17.1 Å². The summed E-state index contributed by atoms with van der Waals surface area (Å²) in [6, 6.07) is 6.95. The van der Waals surface area contributed by atoms with Crippen molar-refractivity contribution in [2.75, 3.05) is 31.5 Å². The SMILES string of the molecule is CCN1CCC(c2nn(-c3ccc(C(=O)O)cc3)c3c2CCN3)CC1. The topological polar surface area (TPSA) is 70.4 Å². The minimum atomic E-state index is -0.904. The summed E-state index contributed by atoms with van der Waals surface area (Å²) < 4.78 is 1.95. The predicted molar refractivity (Wildman–Crippen MR) is 96.8 cm³/mol. The van der Waals surface area contributed by atoms with E-state index in [1.54, 1.807) is 12.1 Å². The standard InChI is InChI=1S/C19H24N4O2/c1-2-22-11-8-13(9-12-22)17-16-7-10-20-18(16)23(21-17)15-5-3-14(4-6-15)19(24)25/h3-6,13,20H,2,7-12H2,1H3,(H,24,25). The molecule has 6 nitrogen and oxygen atoms in total. The molecular weight excluding hydrogens is 316 g/mol. The van der Waals surface area contributed by atoms with Gasteiger partial charge in [0.2, 0.25) is 0 Å². The smallest absolute Gasteiger partial charge is 0.335 e. The molecule has 3 heterocycles. The van der Waals surface area contributed by atoms with E-state index in [1.165, 1.54) is 11.3 Å². The summed E-state index contributed by atoms with van der Waals surface area (Å²) >= 11 is 0. The van der Waals surface area contributed by atoms with E-state index in [1.807, 2.05) is 16.8 Å². The van der Waals surface area contributed by atoms with Crippen molar-refractivity contribution in [3.05, 3.63) is 41.1 Å². The third kappa shape index (κ3) is 2.91. The fourth-order valence-electron chi connectivity index (χ4n) is 3.98. The van der Waals surface area contributed by atoms with Crippen molar-refractivity contribution in [3.63, 3.8) is 0 Å². The summed E-state index contributed by atoms with van der Waals surface area (Å²) in [6.07, 6.45) is 3.34. The highest BCUT2D eigenvalue weighted by molar-refractivity contribution is 5.87. The van der Waals surface area contributed by atoms with Gasteiger partial charge >= 0.3 is 5.97 Å². The Labute approximate surface area is 147 Å². The van der Waals surface area contributed by atoms with E-state index in [-0.39, 0.29) is 0 Å². The zero-order valence-electron chi connectivity index (χ0n) is 14.5. The number of carboxylic acid groups (broad SMARTS) is 1. The number of nitrogens with zero attached hydrogens (tertiary/aromatic N) is 3. The molecule has 2 N–H and O–H groups in total. The maximum atomic E-state index is 11.1. The van der Waals surface area contributed by atoms with Gasteiger partial charge in [-0.1, -0.05) is 6.92 Å². The molecule has 1 saturated heterocycles. The van der Waals surface area contributed by atoms with E-state index >= 15 is 0 Å². The molecule has 25 heavy (non-hydrogen) atoms. The van der Waals surface area contributed by atoms with Crippen molar-refractivity contribution in [3.8, 4) is 5.69 Å². The number of fused-ring (bicyclic) bond motifs is 1. The summed E-state index contributed by atoms with van der Waals surface area (Å²) in [5, 5.41) is 17.5. The van der Waals surface area contributed by atoms with Gasteiger partial charge in [-0.25, -0.2) is 9.48 Å². The molecule has 1 aromatic heterocycles. The summed E-state index contributed by atoms with van der Waals surface area (Å²) in [5.41, 5.74) is 3.79. The number of piperidine rings is 1. The second kappa shape index (κ2) is 6.52. The van der Waals surface area contributed by atoms with E-state index in [9.17, 15) is 4.79 Å². The number of aromatic carboxylic acids is 1. The molecule has 0 saturated carbocycles. The monoisotopic (exact) mass is 340 g/mol. The van der Waals surface area contributed by atoms with Crippen LogP contribution in [0.2, 0.25) is 0 Å². The molecule has 1 fully saturated rings. The first kappa shape index (κ1) is 16.1. The number of rotatable bonds is 4. The molecule has 0 spiro atoms. The first-order valence-electron chi connectivity index (χ1n) is 9.09. The molecule has 0 aliphatic carbocycles. The van der Waals surface area contributed by atoms with E-state index in [0.717, 1.165) is 56.9 Å². The quantitative estimate of drug-likeness (QED) is 0.895. The van der Waals surface area contributed by atoms with Gasteiger partial charge in [0, 0.05) is 18.0 Å². The number of likely N-dealkylation sites (tertiary alicyclic amines) is 1. The van der Waals surface area contributed by atoms with Gasteiger partial charge in [-0.15, -0.1) is 0 Å². The second-order valence-electron chi connectivity index (χ2n) is 6.86. The number of anilines is 1. The Bertz CT molecular complexity index is 773. The number of nitrogens with one attached hydrogen (secondary N) is 1. The number of benzene rings is 1. The lowest BCUT2D eigenvalue weighted by molar-refractivity contribution is 0.0697. The van der Waals surface area contributed by atoms with Gasteiger partial charge in [0.15, 0.2) is 0 Å². The summed E-state index contributed by atoms with van der Waals surface area (Å²) in [5.74, 6) is 0.700. The van der Waals surface area contributed by atoms with Crippen LogP contribution in [0.5, 0.6) is 0 Å². The van der Waals surface area contributed by atoms with Crippen LogP contribution in [0.15, 0.2) is 24.3 Å². The third-order valence-electron chi connectivity index (χ3n) is 5.46. The van der Waals surface area contributed by atoms with Crippen LogP contribution in [0.1, 0.15) is 47.3 Å². The third-order valence-corrected chi connectivity index (χ3v) is 5.46. The maximum Gasteiger partial charge on any atom is 0.335 e. The van der Waals surface area contributed by atoms with Gasteiger partial charge in [-0.2, -0.15) is 5.10 Å². The van der Waals surface area contributed by atoms with Crippen molar-refractivity contribution in [2.45, 2.75) is 32.1 Å². The van der Waals surface area contributed by atoms with Crippen LogP contribution in [0.4, 0.5) is 5.82 Å². The van der Waals surface area contributed by atoms with E-state index < -0.39 is 5.97 Å². The Kier molecular flexibility index (Phi) is 4.21. The molecule has 0 radical (unpaired) electrons. The predicted octanol–water partition coefficient (Wildman–Crippen LogP) is 2.74. The van der Waals surface area contributed by atoms with Crippen molar-refractivity contribution < 1.29 is 9.90 Å². The van der Waals surface area contributed by atoms with Gasteiger partial charge in [0.1, 0.15) is 5.82 Å². The van der Waals surface area contributed by atoms with Crippen molar-refractivity contribution in [1.29, 1.82) is 0 Å². The van der Waals surface area contributed by atoms with Crippen LogP contribution in [-0.2, 0) is 6.42 Å². The lowest BCUT2D eigenvalue weighted by atomic mass is 9.91. The van der Waals surface area contributed by atoms with Gasteiger partial charge in [-0.05, 0) is 63.2 Å². The molecule has 0 bridgehead atoms. The van der Waals surface area contributed by atoms with Gasteiger partial charge < -0.3 is 15.3 Å². The zero-order chi connectivity index (χ0) is 17.4. The first-order chi connectivity index (χ1) is 12.2. The highest BCUT2D eigenvalue weighted by atomic mass is 16.4. The van der Waals surface area contributed by atoms with Gasteiger partial charge in [0.05, 0.1) is 16.9 Å². The van der Waals surface area contributed by atoms with Gasteiger partial charge in [-0.3, -0.25) is 0 Å². The Morgan fingerprint density at radius 1 is 1.28 bits per heavy atom. The number of carboxylic acids is 1. The number of carbonyl (C=O) groups is 1. The molecule has 0 amide bonds. The largest absolute Gasteiger partial charge is 0.478 e. The van der Waals surface area contributed by atoms with Crippen molar-refractivity contribution in [2.24, 2.45) is 0 Å². The number of hydrogen-bond acceptors (Lipinski definition) is 4. The lowest BCUT2D eigenvalue weighted by Gasteiger charge is -2.30. The van der Waals surface area contributed by atoms with Crippen LogP contribution >= 0.6 is 0 Å². The molecular formula is C19H24N4O2. The second-order valence-corrected chi connectivity index (χ2v) is 6.86. The summed E-state index contributed by atoms with van der Waals surface area (Å²) in [4.78, 5) is 13.6. The molecule has 2 aliphatic heterocycles. The molecule has 2 aromatic rings. The summed E-state index contributed by atoms with van der Waals surface area (Å²) in [6.45, 7) is 6.57. The van der Waals surface area contributed by atoms with Crippen LogP contribution in [0.3, 0.4) is 0 Å². The molecule has 6 heteroatoms. The average Bonchev–Trinajstić information content (AvgIpc) is 3.24. The molecule has 1 aromatic carbocycles. The van der Waals surface area contributed by atoms with Crippen LogP contribution in [0.25, 0.3) is 5.69 Å². The van der Waals surface area contributed by atoms with Gasteiger partial charge in [0.25, 0.3) is 0 Å². The fraction of sp³-hybridized carbons (Fsp3) is 0.474. The van der Waals surface area contributed by atoms with E-state index in [0.29, 0.717) is 11.5 Å². The number of hydrogen-bond donors (Lipinski definition) is 2. The van der Waals surface area contributed by atoms with Crippen LogP contribution < -0.4 is 5.32 Å². The minimum absolute atomic E-state index is 0.299. The normalized spacial score (nSPS) is 18.1. The molecule has 0 unspecified atom stereocenters. The van der Waals surface area contributed by atoms with Crippen molar-refractivity contribution in [1.82, 2.24) is 14.7 Å². The highest BCUT2D eigenvalue weighted by Crippen LogP contribution is 2.36. The molecule has 0 atom stereocenters. The number of aromatic nitrogens is 2. The molecule has 2 aliphatic rings. The van der Waals surface area contributed by atoms with E-state index in [4.69, 9.17) is 10.2 Å². The zero-order valence-corrected chi connectivity index (χ0v) is 14.5.